The van der Waals surface area contributed by atoms with Gasteiger partial charge in [0.25, 0.3) is 0 Å². The summed E-state index contributed by atoms with van der Waals surface area (Å²) in [7, 11) is 0. The molecule has 1 aromatic heterocycles. The van der Waals surface area contributed by atoms with Crippen molar-refractivity contribution in [1.82, 2.24) is 9.55 Å². The molecule has 2 N–H and O–H groups in total. The predicted molar refractivity (Wildman–Crippen MR) is 101 cm³/mol. The standard InChI is InChI=1S/C17H13Cl4N3/c18-10-4-5-11(15(21)6-10)17-16(7-22)24(9-23-17)8-12-13(19)2-1-3-14(12)20/h1-6,9H,7-8,22H2. The van der Waals surface area contributed by atoms with Crippen LogP contribution in [0.25, 0.3) is 11.3 Å². The van der Waals surface area contributed by atoms with E-state index in [0.717, 1.165) is 22.5 Å². The molecule has 0 saturated carbocycles. The fourth-order valence-electron chi connectivity index (χ4n) is 2.52. The molecule has 3 rings (SSSR count). The molecule has 0 unspecified atom stereocenters. The van der Waals surface area contributed by atoms with E-state index in [9.17, 15) is 0 Å². The van der Waals surface area contributed by atoms with Gasteiger partial charge < -0.3 is 10.3 Å². The lowest BCUT2D eigenvalue weighted by atomic mass is 10.1. The van der Waals surface area contributed by atoms with E-state index in [0.29, 0.717) is 33.2 Å². The molecule has 0 aliphatic carbocycles. The summed E-state index contributed by atoms with van der Waals surface area (Å²) in [6.45, 7) is 0.777. The number of hydrogen-bond donors (Lipinski definition) is 1. The third kappa shape index (κ3) is 3.41. The molecule has 0 bridgehead atoms. The summed E-state index contributed by atoms with van der Waals surface area (Å²) >= 11 is 24.8. The van der Waals surface area contributed by atoms with Gasteiger partial charge in [0.2, 0.25) is 0 Å². The van der Waals surface area contributed by atoms with Gasteiger partial charge in [0, 0.05) is 32.7 Å². The Kier molecular flexibility index (Phi) is 5.38. The molecule has 0 radical (unpaired) electrons. The summed E-state index contributed by atoms with van der Waals surface area (Å²) < 4.78 is 1.92. The lowest BCUT2D eigenvalue weighted by molar-refractivity contribution is 0.741. The number of rotatable bonds is 4. The van der Waals surface area contributed by atoms with Gasteiger partial charge in [-0.25, -0.2) is 4.98 Å². The Morgan fingerprint density at radius 2 is 1.67 bits per heavy atom. The van der Waals surface area contributed by atoms with E-state index in [2.05, 4.69) is 4.98 Å². The number of hydrogen-bond acceptors (Lipinski definition) is 2. The summed E-state index contributed by atoms with van der Waals surface area (Å²) in [6.07, 6.45) is 1.71. The van der Waals surface area contributed by atoms with Gasteiger partial charge in [-0.3, -0.25) is 0 Å². The first kappa shape index (κ1) is 17.6. The van der Waals surface area contributed by atoms with Crippen molar-refractivity contribution in [2.45, 2.75) is 13.1 Å². The minimum Gasteiger partial charge on any atom is -0.328 e. The van der Waals surface area contributed by atoms with Gasteiger partial charge in [0.15, 0.2) is 0 Å². The minimum atomic E-state index is 0.302. The Hall–Kier alpha value is -1.23. The normalized spacial score (nSPS) is 11.0. The van der Waals surface area contributed by atoms with Gasteiger partial charge in [0.1, 0.15) is 0 Å². The van der Waals surface area contributed by atoms with E-state index in [4.69, 9.17) is 52.1 Å². The third-order valence-corrected chi connectivity index (χ3v) is 4.97. The highest BCUT2D eigenvalue weighted by Crippen LogP contribution is 2.32. The lowest BCUT2D eigenvalue weighted by Gasteiger charge is -2.12. The quantitative estimate of drug-likeness (QED) is 0.612. The fraction of sp³-hybridized carbons (Fsp3) is 0.118. The minimum absolute atomic E-state index is 0.302. The highest BCUT2D eigenvalue weighted by Gasteiger charge is 2.16. The first-order valence-corrected chi connectivity index (χ1v) is 8.65. The van der Waals surface area contributed by atoms with Crippen molar-refractivity contribution in [2.75, 3.05) is 0 Å². The van der Waals surface area contributed by atoms with E-state index >= 15 is 0 Å². The van der Waals surface area contributed by atoms with Crippen LogP contribution in [-0.2, 0) is 13.1 Å². The van der Waals surface area contributed by atoms with Crippen molar-refractivity contribution < 1.29 is 0 Å². The molecule has 0 atom stereocenters. The van der Waals surface area contributed by atoms with Crippen molar-refractivity contribution in [3.05, 3.63) is 74.1 Å². The van der Waals surface area contributed by atoms with Crippen LogP contribution in [0.1, 0.15) is 11.3 Å². The van der Waals surface area contributed by atoms with Crippen LogP contribution in [0.2, 0.25) is 20.1 Å². The summed E-state index contributed by atoms with van der Waals surface area (Å²) in [4.78, 5) is 4.47. The van der Waals surface area contributed by atoms with Crippen LogP contribution in [-0.4, -0.2) is 9.55 Å². The Bertz CT molecular complexity index is 869. The van der Waals surface area contributed by atoms with E-state index in [1.54, 1.807) is 30.6 Å². The number of aromatic nitrogens is 2. The molecule has 0 saturated heterocycles. The molecule has 0 aliphatic rings. The number of nitrogens with zero attached hydrogens (tertiary/aromatic N) is 2. The average Bonchev–Trinajstić information content (AvgIpc) is 2.93. The van der Waals surface area contributed by atoms with Crippen LogP contribution in [0, 0.1) is 0 Å². The van der Waals surface area contributed by atoms with Crippen LogP contribution in [0.15, 0.2) is 42.7 Å². The first-order chi connectivity index (χ1) is 11.5. The second kappa shape index (κ2) is 7.34. The van der Waals surface area contributed by atoms with Gasteiger partial charge in [-0.15, -0.1) is 0 Å². The van der Waals surface area contributed by atoms with Gasteiger partial charge in [0.05, 0.1) is 29.3 Å². The molecule has 0 amide bonds. The maximum atomic E-state index is 6.30. The van der Waals surface area contributed by atoms with E-state index < -0.39 is 0 Å². The molecule has 3 aromatic rings. The Morgan fingerprint density at radius 1 is 0.958 bits per heavy atom. The van der Waals surface area contributed by atoms with Gasteiger partial charge in [-0.1, -0.05) is 52.5 Å². The van der Waals surface area contributed by atoms with Crippen molar-refractivity contribution in [2.24, 2.45) is 5.73 Å². The topological polar surface area (TPSA) is 43.8 Å². The molecule has 124 valence electrons. The highest BCUT2D eigenvalue weighted by atomic mass is 35.5. The maximum absolute atomic E-state index is 6.30. The summed E-state index contributed by atoms with van der Waals surface area (Å²) in [6, 6.07) is 10.7. The first-order valence-electron chi connectivity index (χ1n) is 7.13. The Balaban J connectivity index is 2.04. The molecule has 2 aromatic carbocycles. The molecule has 0 fully saturated rings. The van der Waals surface area contributed by atoms with Gasteiger partial charge >= 0.3 is 0 Å². The molecular formula is C17H13Cl4N3. The summed E-state index contributed by atoms with van der Waals surface area (Å²) in [5.74, 6) is 0. The van der Waals surface area contributed by atoms with Crippen LogP contribution >= 0.6 is 46.4 Å². The summed E-state index contributed by atoms with van der Waals surface area (Å²) in [5.41, 5.74) is 9.12. The van der Waals surface area contributed by atoms with Crippen molar-refractivity contribution in [3.8, 4) is 11.3 Å². The van der Waals surface area contributed by atoms with Gasteiger partial charge in [-0.05, 0) is 30.3 Å². The highest BCUT2D eigenvalue weighted by molar-refractivity contribution is 6.36. The van der Waals surface area contributed by atoms with E-state index in [1.807, 2.05) is 16.7 Å². The Labute approximate surface area is 159 Å². The van der Waals surface area contributed by atoms with Crippen LogP contribution in [0.5, 0.6) is 0 Å². The fourth-order valence-corrected chi connectivity index (χ4v) is 3.53. The van der Waals surface area contributed by atoms with E-state index in [1.165, 1.54) is 0 Å². The zero-order valence-electron chi connectivity index (χ0n) is 12.4. The average molecular weight is 401 g/mol. The SMILES string of the molecule is NCc1c(-c2ccc(Cl)cc2Cl)ncn1Cc1c(Cl)cccc1Cl. The number of imidazole rings is 1. The monoisotopic (exact) mass is 399 g/mol. The predicted octanol–water partition coefficient (Wildman–Crippen LogP) is 5.67. The number of nitrogens with two attached hydrogens (primary N) is 1. The molecule has 3 nitrogen and oxygen atoms in total. The molecule has 0 aliphatic heterocycles. The smallest absolute Gasteiger partial charge is 0.0959 e. The van der Waals surface area contributed by atoms with Crippen LogP contribution < -0.4 is 5.73 Å². The molecule has 0 spiro atoms. The molecule has 1 heterocycles. The largest absolute Gasteiger partial charge is 0.328 e. The zero-order chi connectivity index (χ0) is 17.3. The van der Waals surface area contributed by atoms with E-state index in [-0.39, 0.29) is 0 Å². The van der Waals surface area contributed by atoms with Crippen LogP contribution in [0.4, 0.5) is 0 Å². The van der Waals surface area contributed by atoms with Crippen molar-refractivity contribution in [3.63, 3.8) is 0 Å². The van der Waals surface area contributed by atoms with Crippen molar-refractivity contribution >= 4 is 46.4 Å². The van der Waals surface area contributed by atoms with Gasteiger partial charge in [-0.2, -0.15) is 0 Å². The third-order valence-electron chi connectivity index (χ3n) is 3.72. The molecule has 7 heteroatoms. The van der Waals surface area contributed by atoms with Crippen LogP contribution in [0.3, 0.4) is 0 Å². The molecular weight excluding hydrogens is 388 g/mol. The second-order valence-corrected chi connectivity index (χ2v) is 6.85. The van der Waals surface area contributed by atoms with Crippen molar-refractivity contribution in [1.29, 1.82) is 0 Å². The number of benzene rings is 2. The Morgan fingerprint density at radius 3 is 2.29 bits per heavy atom. The number of halogens is 4. The summed E-state index contributed by atoms with van der Waals surface area (Å²) in [5, 5.41) is 2.30. The zero-order valence-corrected chi connectivity index (χ0v) is 15.5. The lowest BCUT2D eigenvalue weighted by Crippen LogP contribution is -2.09. The second-order valence-electron chi connectivity index (χ2n) is 5.20. The maximum Gasteiger partial charge on any atom is 0.0959 e. The molecule has 24 heavy (non-hydrogen) atoms.